The summed E-state index contributed by atoms with van der Waals surface area (Å²) in [6, 6.07) is 0. The molecule has 1 amide bonds. The summed E-state index contributed by atoms with van der Waals surface area (Å²) in [5.74, 6) is -0.371. The molecule has 0 aliphatic heterocycles. The molecule has 0 aliphatic rings. The van der Waals surface area contributed by atoms with Crippen molar-refractivity contribution >= 4 is 11.9 Å². The normalized spacial score (nSPS) is 11.9. The van der Waals surface area contributed by atoms with Gasteiger partial charge in [0.05, 0.1) is 12.5 Å². The van der Waals surface area contributed by atoms with Crippen LogP contribution in [0.3, 0.4) is 0 Å². The van der Waals surface area contributed by atoms with E-state index in [1.807, 2.05) is 13.8 Å². The highest BCUT2D eigenvalue weighted by molar-refractivity contribution is 5.73. The van der Waals surface area contributed by atoms with Crippen LogP contribution in [0.15, 0.2) is 0 Å². The predicted molar refractivity (Wildman–Crippen MR) is 49.1 cm³/mol. The van der Waals surface area contributed by atoms with Crippen molar-refractivity contribution in [3.8, 4) is 0 Å². The zero-order chi connectivity index (χ0) is 10.3. The Labute approximate surface area is 78.6 Å². The van der Waals surface area contributed by atoms with Gasteiger partial charge in [-0.25, -0.2) is 0 Å². The first kappa shape index (κ1) is 11.9. The number of nitrogens with one attached hydrogen (secondary N) is 1. The van der Waals surface area contributed by atoms with E-state index in [2.05, 4.69) is 5.32 Å². The Hall–Kier alpha value is -1.06. The van der Waals surface area contributed by atoms with Gasteiger partial charge in [-0.2, -0.15) is 0 Å². The lowest BCUT2D eigenvalue weighted by molar-refractivity contribution is -0.148. The van der Waals surface area contributed by atoms with Crippen LogP contribution >= 0.6 is 0 Å². The lowest BCUT2D eigenvalue weighted by atomic mass is 10.1. The summed E-state index contributed by atoms with van der Waals surface area (Å²) in [5.41, 5.74) is 0. The average molecular weight is 187 g/mol. The van der Waals surface area contributed by atoms with E-state index in [1.54, 1.807) is 0 Å². The second kappa shape index (κ2) is 6.46. The molecule has 0 fully saturated rings. The van der Waals surface area contributed by atoms with Crippen LogP contribution in [-0.2, 0) is 14.3 Å². The molecule has 1 unspecified atom stereocenters. The molecule has 13 heavy (non-hydrogen) atoms. The molecule has 0 saturated carbocycles. The van der Waals surface area contributed by atoms with E-state index in [-0.39, 0.29) is 24.4 Å². The fraction of sp³-hybridized carbons (Fsp3) is 0.778. The molecule has 0 aromatic heterocycles. The maximum absolute atomic E-state index is 11.1. The van der Waals surface area contributed by atoms with Crippen LogP contribution in [0, 0.1) is 5.92 Å². The number of rotatable bonds is 5. The number of hydrogen-bond donors (Lipinski definition) is 1. The van der Waals surface area contributed by atoms with Gasteiger partial charge in [0.25, 0.3) is 0 Å². The highest BCUT2D eigenvalue weighted by Crippen LogP contribution is 2.02. The van der Waals surface area contributed by atoms with E-state index < -0.39 is 0 Å². The van der Waals surface area contributed by atoms with E-state index in [4.69, 9.17) is 4.74 Å². The van der Waals surface area contributed by atoms with Gasteiger partial charge >= 0.3 is 5.97 Å². The third kappa shape index (κ3) is 6.13. The van der Waals surface area contributed by atoms with E-state index in [9.17, 15) is 9.59 Å². The van der Waals surface area contributed by atoms with Crippen molar-refractivity contribution in [2.24, 2.45) is 5.92 Å². The fourth-order valence-electron chi connectivity index (χ4n) is 0.688. The van der Waals surface area contributed by atoms with Crippen molar-refractivity contribution in [2.75, 3.05) is 13.2 Å². The highest BCUT2D eigenvalue weighted by Gasteiger charge is 2.10. The first-order valence-electron chi connectivity index (χ1n) is 4.49. The Morgan fingerprint density at radius 1 is 1.46 bits per heavy atom. The lowest BCUT2D eigenvalue weighted by Crippen LogP contribution is -2.26. The third-order valence-corrected chi connectivity index (χ3v) is 1.74. The number of hydrogen-bond acceptors (Lipinski definition) is 3. The maximum atomic E-state index is 11.1. The standard InChI is InChI=1S/C9H17NO3/c1-4-7(2)9(12)13-6-5-10-8(3)11/h7H,4-6H2,1-3H3,(H,10,11). The molecule has 0 spiro atoms. The van der Waals surface area contributed by atoms with Gasteiger partial charge in [-0.1, -0.05) is 13.8 Å². The predicted octanol–water partition coefficient (Wildman–Crippen LogP) is 0.712. The van der Waals surface area contributed by atoms with Gasteiger partial charge in [-0.3, -0.25) is 9.59 Å². The Balaban J connectivity index is 3.42. The van der Waals surface area contributed by atoms with Gasteiger partial charge < -0.3 is 10.1 Å². The third-order valence-electron chi connectivity index (χ3n) is 1.74. The molecule has 4 heteroatoms. The van der Waals surface area contributed by atoms with Gasteiger partial charge in [0.2, 0.25) is 5.91 Å². The summed E-state index contributed by atoms with van der Waals surface area (Å²) < 4.78 is 4.89. The molecule has 0 bridgehead atoms. The van der Waals surface area contributed by atoms with Gasteiger partial charge in [0.1, 0.15) is 6.61 Å². The molecule has 1 atom stereocenters. The Kier molecular flexibility index (Phi) is 5.93. The summed E-state index contributed by atoms with van der Waals surface area (Å²) >= 11 is 0. The summed E-state index contributed by atoms with van der Waals surface area (Å²) in [6.07, 6.45) is 0.777. The molecule has 0 aromatic carbocycles. The average Bonchev–Trinajstić information content (AvgIpc) is 2.10. The molecule has 0 aromatic rings. The highest BCUT2D eigenvalue weighted by atomic mass is 16.5. The van der Waals surface area contributed by atoms with Crippen LogP contribution in [0.1, 0.15) is 27.2 Å². The number of carbonyl (C=O) groups is 2. The van der Waals surface area contributed by atoms with Gasteiger partial charge in [-0.15, -0.1) is 0 Å². The SMILES string of the molecule is CCC(C)C(=O)OCCNC(C)=O. The van der Waals surface area contributed by atoms with Crippen molar-refractivity contribution in [1.29, 1.82) is 0 Å². The zero-order valence-corrected chi connectivity index (χ0v) is 8.42. The Morgan fingerprint density at radius 2 is 2.08 bits per heavy atom. The molecule has 0 saturated heterocycles. The quantitative estimate of drug-likeness (QED) is 0.509. The van der Waals surface area contributed by atoms with Crippen LogP contribution in [0.4, 0.5) is 0 Å². The number of esters is 1. The minimum atomic E-state index is -0.201. The van der Waals surface area contributed by atoms with Crippen molar-refractivity contribution < 1.29 is 14.3 Å². The van der Waals surface area contributed by atoms with Gasteiger partial charge in [0, 0.05) is 6.92 Å². The van der Waals surface area contributed by atoms with E-state index >= 15 is 0 Å². The minimum absolute atomic E-state index is 0.0580. The topological polar surface area (TPSA) is 55.4 Å². The minimum Gasteiger partial charge on any atom is -0.464 e. The molecule has 0 radical (unpaired) electrons. The maximum Gasteiger partial charge on any atom is 0.308 e. The summed E-state index contributed by atoms with van der Waals surface area (Å²) in [7, 11) is 0. The monoisotopic (exact) mass is 187 g/mol. The van der Waals surface area contributed by atoms with Gasteiger partial charge in [-0.05, 0) is 6.42 Å². The van der Waals surface area contributed by atoms with Crippen molar-refractivity contribution in [3.05, 3.63) is 0 Å². The second-order valence-corrected chi connectivity index (χ2v) is 2.96. The molecule has 0 aliphatic carbocycles. The van der Waals surface area contributed by atoms with E-state index in [0.29, 0.717) is 6.54 Å². The van der Waals surface area contributed by atoms with Crippen LogP contribution in [0.25, 0.3) is 0 Å². The largest absolute Gasteiger partial charge is 0.464 e. The van der Waals surface area contributed by atoms with Crippen LogP contribution in [0.2, 0.25) is 0 Å². The fourth-order valence-corrected chi connectivity index (χ4v) is 0.688. The molecular weight excluding hydrogens is 170 g/mol. The van der Waals surface area contributed by atoms with Gasteiger partial charge in [0.15, 0.2) is 0 Å². The van der Waals surface area contributed by atoms with Crippen LogP contribution < -0.4 is 5.32 Å². The summed E-state index contributed by atoms with van der Waals surface area (Å²) in [5, 5.41) is 2.54. The van der Waals surface area contributed by atoms with Crippen molar-refractivity contribution in [1.82, 2.24) is 5.32 Å². The Morgan fingerprint density at radius 3 is 2.54 bits per heavy atom. The summed E-state index contributed by atoms with van der Waals surface area (Å²) in [6.45, 7) is 5.82. The zero-order valence-electron chi connectivity index (χ0n) is 8.42. The molecule has 0 rings (SSSR count). The molecule has 4 nitrogen and oxygen atoms in total. The first-order chi connectivity index (χ1) is 6.07. The number of carbonyl (C=O) groups excluding carboxylic acids is 2. The number of ether oxygens (including phenoxy) is 1. The smallest absolute Gasteiger partial charge is 0.308 e. The van der Waals surface area contributed by atoms with Crippen LogP contribution in [-0.4, -0.2) is 25.0 Å². The molecule has 0 heterocycles. The molecule has 76 valence electrons. The van der Waals surface area contributed by atoms with Crippen molar-refractivity contribution in [2.45, 2.75) is 27.2 Å². The first-order valence-corrected chi connectivity index (χ1v) is 4.49. The van der Waals surface area contributed by atoms with Crippen LogP contribution in [0.5, 0.6) is 0 Å². The summed E-state index contributed by atoms with van der Waals surface area (Å²) in [4.78, 5) is 21.5. The molecular formula is C9H17NO3. The van der Waals surface area contributed by atoms with E-state index in [1.165, 1.54) is 6.92 Å². The van der Waals surface area contributed by atoms with E-state index in [0.717, 1.165) is 6.42 Å². The number of amides is 1. The lowest BCUT2D eigenvalue weighted by Gasteiger charge is -2.08. The van der Waals surface area contributed by atoms with Crippen molar-refractivity contribution in [3.63, 3.8) is 0 Å². The second-order valence-electron chi connectivity index (χ2n) is 2.96. The molecule has 1 N–H and O–H groups in total. The Bertz CT molecular complexity index is 180.